The highest BCUT2D eigenvalue weighted by atomic mass is 35.5. The molecular formula is C22H19Cl2NO6S. The molecule has 0 aromatic heterocycles. The van der Waals surface area contributed by atoms with E-state index in [0.717, 1.165) is 22.2 Å². The lowest BCUT2D eigenvalue weighted by atomic mass is 10.1. The molecule has 2 aromatic carbocycles. The number of esters is 1. The van der Waals surface area contributed by atoms with Gasteiger partial charge in [0.25, 0.3) is 11.1 Å². The lowest BCUT2D eigenvalue weighted by molar-refractivity contribution is -0.145. The quantitative estimate of drug-likeness (QED) is 0.368. The fourth-order valence-electron chi connectivity index (χ4n) is 2.82. The van der Waals surface area contributed by atoms with Gasteiger partial charge in [0.2, 0.25) is 0 Å². The molecule has 32 heavy (non-hydrogen) atoms. The number of carbonyl (C=O) groups is 3. The third-order valence-electron chi connectivity index (χ3n) is 4.31. The number of benzene rings is 2. The Bertz CT molecular complexity index is 1070. The number of ether oxygens (including phenoxy) is 3. The van der Waals surface area contributed by atoms with Crippen molar-refractivity contribution < 1.29 is 28.6 Å². The van der Waals surface area contributed by atoms with Crippen molar-refractivity contribution in [2.24, 2.45) is 0 Å². The normalized spacial score (nSPS) is 14.8. The topological polar surface area (TPSA) is 82.1 Å². The maximum absolute atomic E-state index is 12.6. The van der Waals surface area contributed by atoms with Crippen LogP contribution in [0.25, 0.3) is 6.08 Å². The zero-order chi connectivity index (χ0) is 23.3. The standard InChI is InChI=1S/C22H19Cl2NO6S/c1-3-30-19(26)11-25-21(27)18(32-22(25)28)10-14-8-16(24)20(17(9-14)29-2)31-12-13-4-6-15(23)7-5-13/h4-10H,3,11-12H2,1-2H3/b18-10-. The molecule has 1 saturated heterocycles. The molecule has 0 unspecified atom stereocenters. The molecular weight excluding hydrogens is 477 g/mol. The summed E-state index contributed by atoms with van der Waals surface area (Å²) in [6.45, 7) is 1.62. The van der Waals surface area contributed by atoms with Gasteiger partial charge in [0.1, 0.15) is 13.2 Å². The number of nitrogens with zero attached hydrogens (tertiary/aromatic N) is 1. The smallest absolute Gasteiger partial charge is 0.326 e. The van der Waals surface area contributed by atoms with E-state index >= 15 is 0 Å². The molecule has 10 heteroatoms. The van der Waals surface area contributed by atoms with Gasteiger partial charge in [-0.25, -0.2) is 0 Å². The first-order valence-electron chi connectivity index (χ1n) is 9.48. The molecule has 3 rings (SSSR count). The van der Waals surface area contributed by atoms with Gasteiger partial charge >= 0.3 is 5.97 Å². The summed E-state index contributed by atoms with van der Waals surface area (Å²) in [5, 5.41) is 0.353. The molecule has 1 aliphatic heterocycles. The van der Waals surface area contributed by atoms with Crippen LogP contribution >= 0.6 is 35.0 Å². The summed E-state index contributed by atoms with van der Waals surface area (Å²) in [7, 11) is 1.47. The number of methoxy groups -OCH3 is 1. The van der Waals surface area contributed by atoms with Crippen molar-refractivity contribution in [3.8, 4) is 11.5 Å². The Kier molecular flexibility index (Phi) is 8.06. The molecule has 0 aliphatic carbocycles. The molecule has 1 fully saturated rings. The summed E-state index contributed by atoms with van der Waals surface area (Å²) < 4.78 is 16.0. The van der Waals surface area contributed by atoms with Crippen LogP contribution in [-0.4, -0.2) is 42.3 Å². The highest BCUT2D eigenvalue weighted by Gasteiger charge is 2.36. The lowest BCUT2D eigenvalue weighted by Crippen LogP contribution is -2.34. The molecule has 0 saturated carbocycles. The van der Waals surface area contributed by atoms with Gasteiger partial charge in [0.15, 0.2) is 11.5 Å². The predicted octanol–water partition coefficient (Wildman–Crippen LogP) is 5.18. The Hall–Kier alpha value is -2.68. The van der Waals surface area contributed by atoms with Crippen LogP contribution in [0.2, 0.25) is 10.0 Å². The van der Waals surface area contributed by atoms with Crippen LogP contribution in [0.5, 0.6) is 11.5 Å². The molecule has 0 atom stereocenters. The molecule has 2 amide bonds. The van der Waals surface area contributed by atoms with E-state index in [1.165, 1.54) is 13.2 Å². The number of hydrogen-bond acceptors (Lipinski definition) is 7. The first-order valence-corrected chi connectivity index (χ1v) is 11.1. The Balaban J connectivity index is 1.78. The van der Waals surface area contributed by atoms with E-state index in [1.54, 1.807) is 31.2 Å². The minimum absolute atomic E-state index is 0.159. The van der Waals surface area contributed by atoms with Crippen molar-refractivity contribution in [2.75, 3.05) is 20.3 Å². The van der Waals surface area contributed by atoms with E-state index in [9.17, 15) is 14.4 Å². The van der Waals surface area contributed by atoms with E-state index in [1.807, 2.05) is 12.1 Å². The maximum atomic E-state index is 12.6. The summed E-state index contributed by atoms with van der Waals surface area (Å²) in [6.07, 6.45) is 1.51. The van der Waals surface area contributed by atoms with Gasteiger partial charge in [-0.3, -0.25) is 19.3 Å². The van der Waals surface area contributed by atoms with E-state index in [-0.39, 0.29) is 23.1 Å². The molecule has 0 spiro atoms. The average molecular weight is 496 g/mol. The molecule has 168 valence electrons. The molecule has 0 bridgehead atoms. The third kappa shape index (κ3) is 5.76. The van der Waals surface area contributed by atoms with Crippen molar-refractivity contribution in [2.45, 2.75) is 13.5 Å². The van der Waals surface area contributed by atoms with Gasteiger partial charge < -0.3 is 14.2 Å². The fourth-order valence-corrected chi connectivity index (χ4v) is 4.06. The van der Waals surface area contributed by atoms with Gasteiger partial charge in [-0.05, 0) is 60.2 Å². The predicted molar refractivity (Wildman–Crippen MR) is 123 cm³/mol. The summed E-state index contributed by atoms with van der Waals surface area (Å²) in [4.78, 5) is 37.4. The summed E-state index contributed by atoms with van der Waals surface area (Å²) in [5.74, 6) is -0.519. The lowest BCUT2D eigenvalue weighted by Gasteiger charge is -2.14. The fraction of sp³-hybridized carbons (Fsp3) is 0.227. The van der Waals surface area contributed by atoms with Crippen molar-refractivity contribution in [1.29, 1.82) is 0 Å². The minimum Gasteiger partial charge on any atom is -0.493 e. The number of carbonyl (C=O) groups excluding carboxylic acids is 3. The van der Waals surface area contributed by atoms with Crippen LogP contribution in [0.3, 0.4) is 0 Å². The Morgan fingerprint density at radius 2 is 1.88 bits per heavy atom. The van der Waals surface area contributed by atoms with Crippen LogP contribution in [0, 0.1) is 0 Å². The van der Waals surface area contributed by atoms with E-state index < -0.39 is 23.7 Å². The number of rotatable bonds is 8. The Labute approximate surface area is 199 Å². The summed E-state index contributed by atoms with van der Waals surface area (Å²) in [5.41, 5.74) is 1.43. The molecule has 1 aliphatic rings. The van der Waals surface area contributed by atoms with Crippen molar-refractivity contribution >= 4 is 58.2 Å². The molecule has 7 nitrogen and oxygen atoms in total. The number of halogens is 2. The second-order valence-corrected chi connectivity index (χ2v) is 8.36. The number of thioether (sulfide) groups is 1. The summed E-state index contributed by atoms with van der Waals surface area (Å²) in [6, 6.07) is 10.4. The van der Waals surface area contributed by atoms with Gasteiger partial charge in [-0.2, -0.15) is 0 Å². The first kappa shape index (κ1) is 24.0. The highest BCUT2D eigenvalue weighted by molar-refractivity contribution is 8.18. The van der Waals surface area contributed by atoms with Gasteiger partial charge in [0.05, 0.1) is 23.6 Å². The monoisotopic (exact) mass is 495 g/mol. The number of amides is 2. The number of imide groups is 1. The molecule has 2 aromatic rings. The van der Waals surface area contributed by atoms with Crippen LogP contribution in [0.1, 0.15) is 18.1 Å². The zero-order valence-corrected chi connectivity index (χ0v) is 19.6. The van der Waals surface area contributed by atoms with E-state index in [0.29, 0.717) is 22.1 Å². The van der Waals surface area contributed by atoms with Gasteiger partial charge in [0, 0.05) is 5.02 Å². The van der Waals surface area contributed by atoms with Crippen molar-refractivity contribution in [1.82, 2.24) is 4.90 Å². The molecule has 0 N–H and O–H groups in total. The maximum Gasteiger partial charge on any atom is 0.326 e. The minimum atomic E-state index is -0.650. The van der Waals surface area contributed by atoms with Crippen LogP contribution in [0.15, 0.2) is 41.3 Å². The SMILES string of the molecule is CCOC(=O)CN1C(=O)S/C(=C\c2cc(Cl)c(OCc3ccc(Cl)cc3)c(OC)c2)C1=O. The largest absolute Gasteiger partial charge is 0.493 e. The van der Waals surface area contributed by atoms with Crippen LogP contribution < -0.4 is 9.47 Å². The average Bonchev–Trinajstić information content (AvgIpc) is 3.01. The van der Waals surface area contributed by atoms with Crippen molar-refractivity contribution in [3.05, 3.63) is 62.5 Å². The van der Waals surface area contributed by atoms with E-state index in [2.05, 4.69) is 0 Å². The van der Waals surface area contributed by atoms with Crippen LogP contribution in [-0.2, 0) is 20.9 Å². The Morgan fingerprint density at radius 1 is 1.16 bits per heavy atom. The van der Waals surface area contributed by atoms with Crippen LogP contribution in [0.4, 0.5) is 4.79 Å². The Morgan fingerprint density at radius 3 is 2.53 bits per heavy atom. The highest BCUT2D eigenvalue weighted by Crippen LogP contribution is 2.39. The number of hydrogen-bond donors (Lipinski definition) is 0. The third-order valence-corrected chi connectivity index (χ3v) is 5.75. The second-order valence-electron chi connectivity index (χ2n) is 6.52. The zero-order valence-electron chi connectivity index (χ0n) is 17.2. The second kappa shape index (κ2) is 10.8. The summed E-state index contributed by atoms with van der Waals surface area (Å²) >= 11 is 13.0. The first-order chi connectivity index (χ1) is 15.3. The molecule has 0 radical (unpaired) electrons. The molecule has 1 heterocycles. The van der Waals surface area contributed by atoms with E-state index in [4.69, 9.17) is 37.4 Å². The van der Waals surface area contributed by atoms with Gasteiger partial charge in [-0.1, -0.05) is 35.3 Å². The van der Waals surface area contributed by atoms with Gasteiger partial charge in [-0.15, -0.1) is 0 Å². The van der Waals surface area contributed by atoms with Crippen molar-refractivity contribution in [3.63, 3.8) is 0 Å².